The molecule has 4 aromatic rings. The van der Waals surface area contributed by atoms with E-state index in [-0.39, 0.29) is 9.92 Å². The minimum atomic E-state index is -3.65. The van der Waals surface area contributed by atoms with Gasteiger partial charge < -0.3 is 9.67 Å². The summed E-state index contributed by atoms with van der Waals surface area (Å²) in [5.74, 6) is 0. The Hall–Kier alpha value is -2.13. The van der Waals surface area contributed by atoms with Gasteiger partial charge in [-0.05, 0) is 30.3 Å². The van der Waals surface area contributed by atoms with E-state index in [4.69, 9.17) is 23.2 Å². The summed E-state index contributed by atoms with van der Waals surface area (Å²) in [6, 6.07) is 20.8. The molecule has 3 aromatic carbocycles. The number of para-hydroxylation sites is 2. The molecule has 0 radical (unpaired) electrons. The smallest absolute Gasteiger partial charge is 0.243 e. The highest BCUT2D eigenvalue weighted by Crippen LogP contribution is 2.29. The van der Waals surface area contributed by atoms with Crippen molar-refractivity contribution in [1.29, 1.82) is 0 Å². The summed E-state index contributed by atoms with van der Waals surface area (Å²) < 4.78 is 29.6. The van der Waals surface area contributed by atoms with Crippen LogP contribution in [0.4, 0.5) is 0 Å². The molecule has 1 N–H and O–H groups in total. The van der Waals surface area contributed by atoms with Gasteiger partial charge in [-0.25, -0.2) is 8.42 Å². The van der Waals surface area contributed by atoms with Gasteiger partial charge >= 0.3 is 0 Å². The van der Waals surface area contributed by atoms with Gasteiger partial charge in [-0.1, -0.05) is 59.6 Å². The highest BCUT2D eigenvalue weighted by molar-refractivity contribution is 7.89. The summed E-state index contributed by atoms with van der Waals surface area (Å²) in [5.41, 5.74) is 2.19. The summed E-state index contributed by atoms with van der Waals surface area (Å²) in [6.45, 7) is 2.74. The van der Waals surface area contributed by atoms with E-state index in [1.807, 2.05) is 24.3 Å². The van der Waals surface area contributed by atoms with Crippen molar-refractivity contribution in [3.05, 3.63) is 76.8 Å². The summed E-state index contributed by atoms with van der Waals surface area (Å²) in [6.07, 6.45) is -0.586. The van der Waals surface area contributed by atoms with Crippen LogP contribution in [-0.2, 0) is 16.6 Å². The molecule has 1 saturated heterocycles. The number of fused-ring (bicyclic) bond motifs is 3. The number of nitrogens with zero attached hydrogens (tertiary/aromatic N) is 3. The van der Waals surface area contributed by atoms with Gasteiger partial charge in [0.05, 0.1) is 27.6 Å². The van der Waals surface area contributed by atoms with Gasteiger partial charge in [-0.3, -0.25) is 4.90 Å². The third kappa shape index (κ3) is 4.44. The minimum Gasteiger partial charge on any atom is -0.390 e. The highest BCUT2D eigenvalue weighted by Gasteiger charge is 2.29. The lowest BCUT2D eigenvalue weighted by Gasteiger charge is -2.35. The number of hydrogen-bond donors (Lipinski definition) is 1. The third-order valence-corrected chi connectivity index (χ3v) is 9.04. The van der Waals surface area contributed by atoms with Crippen LogP contribution >= 0.6 is 23.2 Å². The summed E-state index contributed by atoms with van der Waals surface area (Å²) in [4.78, 5) is 2.25. The highest BCUT2D eigenvalue weighted by atomic mass is 35.5. The van der Waals surface area contributed by atoms with Crippen molar-refractivity contribution in [1.82, 2.24) is 13.8 Å². The Morgan fingerprint density at radius 3 is 1.97 bits per heavy atom. The molecule has 0 bridgehead atoms. The Labute approximate surface area is 209 Å². The molecular weight excluding hydrogens is 493 g/mol. The fourth-order valence-electron chi connectivity index (χ4n) is 4.71. The largest absolute Gasteiger partial charge is 0.390 e. The fraction of sp³-hybridized carbons (Fsp3) is 0.280. The van der Waals surface area contributed by atoms with E-state index in [2.05, 4.69) is 33.7 Å². The molecule has 2 heterocycles. The molecule has 9 heteroatoms. The van der Waals surface area contributed by atoms with E-state index in [1.54, 1.807) is 0 Å². The van der Waals surface area contributed by atoms with Gasteiger partial charge in [0.2, 0.25) is 10.0 Å². The van der Waals surface area contributed by atoms with E-state index >= 15 is 0 Å². The van der Waals surface area contributed by atoms with Crippen LogP contribution in [-0.4, -0.2) is 66.1 Å². The Morgan fingerprint density at radius 1 is 0.794 bits per heavy atom. The number of halogens is 2. The van der Waals surface area contributed by atoms with Crippen molar-refractivity contribution in [3.63, 3.8) is 0 Å². The van der Waals surface area contributed by atoms with Gasteiger partial charge in [0, 0.05) is 54.5 Å². The van der Waals surface area contributed by atoms with Crippen LogP contribution in [0.3, 0.4) is 0 Å². The quantitative estimate of drug-likeness (QED) is 0.409. The number of piperazine rings is 1. The maximum Gasteiger partial charge on any atom is 0.243 e. The average Bonchev–Trinajstić information content (AvgIpc) is 3.15. The Balaban J connectivity index is 1.25. The first-order chi connectivity index (χ1) is 16.3. The van der Waals surface area contributed by atoms with Crippen molar-refractivity contribution in [2.45, 2.75) is 17.5 Å². The molecule has 1 atom stereocenters. The molecule has 6 nitrogen and oxygen atoms in total. The van der Waals surface area contributed by atoms with Crippen LogP contribution < -0.4 is 0 Å². The zero-order valence-corrected chi connectivity index (χ0v) is 20.8. The van der Waals surface area contributed by atoms with Crippen LogP contribution in [0.15, 0.2) is 71.6 Å². The lowest BCUT2D eigenvalue weighted by atomic mass is 10.2. The van der Waals surface area contributed by atoms with Crippen molar-refractivity contribution in [2.24, 2.45) is 0 Å². The van der Waals surface area contributed by atoms with Crippen LogP contribution in [0.1, 0.15) is 0 Å². The van der Waals surface area contributed by atoms with Crippen molar-refractivity contribution in [2.75, 3.05) is 32.7 Å². The first-order valence-corrected chi connectivity index (χ1v) is 13.4. The predicted octanol–water partition coefficient (Wildman–Crippen LogP) is 4.47. The maximum absolute atomic E-state index is 13.0. The molecule has 5 rings (SSSR count). The zero-order valence-electron chi connectivity index (χ0n) is 18.4. The Bertz CT molecular complexity index is 1390. The molecule has 1 aliphatic rings. The molecule has 1 unspecified atom stereocenters. The lowest BCUT2D eigenvalue weighted by Crippen LogP contribution is -2.50. The second-order valence-electron chi connectivity index (χ2n) is 8.58. The molecule has 0 saturated carbocycles. The van der Waals surface area contributed by atoms with Crippen molar-refractivity contribution in [3.8, 4) is 0 Å². The van der Waals surface area contributed by atoms with E-state index in [9.17, 15) is 13.5 Å². The zero-order chi connectivity index (χ0) is 23.9. The molecule has 0 spiro atoms. The van der Waals surface area contributed by atoms with Crippen LogP contribution in [0.2, 0.25) is 10.0 Å². The number of rotatable bonds is 6. The number of benzene rings is 3. The third-order valence-electron chi connectivity index (χ3n) is 6.40. The number of aliphatic hydroxyl groups is 1. The summed E-state index contributed by atoms with van der Waals surface area (Å²) in [7, 11) is -3.65. The monoisotopic (exact) mass is 517 g/mol. The first kappa shape index (κ1) is 23.6. The van der Waals surface area contributed by atoms with E-state index < -0.39 is 16.1 Å². The molecule has 1 aliphatic heterocycles. The van der Waals surface area contributed by atoms with Crippen LogP contribution in [0, 0.1) is 0 Å². The minimum absolute atomic E-state index is 0.141. The standard InChI is InChI=1S/C25H25Cl2N3O3S/c26-22-10-9-19(15-23(22)27)34(32,33)29-13-11-28(12-14-29)16-18(31)17-30-24-7-3-1-5-20(24)21-6-2-4-8-25(21)30/h1-10,15,18,31H,11-14,16-17H2. The second kappa shape index (κ2) is 9.49. The number of sulfonamides is 1. The normalized spacial score (nSPS) is 16.9. The van der Waals surface area contributed by atoms with Crippen LogP contribution in [0.25, 0.3) is 21.8 Å². The molecule has 34 heavy (non-hydrogen) atoms. The molecular formula is C25H25Cl2N3O3S. The fourth-order valence-corrected chi connectivity index (χ4v) is 6.52. The summed E-state index contributed by atoms with van der Waals surface area (Å²) >= 11 is 11.9. The Kier molecular flexibility index (Phi) is 6.59. The molecule has 1 fully saturated rings. The van der Waals surface area contributed by atoms with Crippen LogP contribution in [0.5, 0.6) is 0 Å². The number of aliphatic hydroxyl groups excluding tert-OH is 1. The van der Waals surface area contributed by atoms with Crippen molar-refractivity contribution >= 4 is 55.0 Å². The van der Waals surface area contributed by atoms with Gasteiger partial charge in [0.15, 0.2) is 0 Å². The first-order valence-electron chi connectivity index (χ1n) is 11.2. The Morgan fingerprint density at radius 2 is 1.38 bits per heavy atom. The van der Waals surface area contributed by atoms with Gasteiger partial charge in [0.1, 0.15) is 0 Å². The number of aromatic nitrogens is 1. The summed E-state index contributed by atoms with van der Waals surface area (Å²) in [5, 5.41) is 13.8. The van der Waals surface area contributed by atoms with Crippen molar-refractivity contribution < 1.29 is 13.5 Å². The average molecular weight is 518 g/mol. The van der Waals surface area contributed by atoms with Gasteiger partial charge in [-0.2, -0.15) is 4.31 Å². The lowest BCUT2D eigenvalue weighted by molar-refractivity contribution is 0.0823. The maximum atomic E-state index is 13.0. The second-order valence-corrected chi connectivity index (χ2v) is 11.3. The van der Waals surface area contributed by atoms with E-state index in [1.165, 1.54) is 33.3 Å². The topological polar surface area (TPSA) is 65.8 Å². The molecule has 0 amide bonds. The molecule has 178 valence electrons. The molecule has 1 aromatic heterocycles. The SMILES string of the molecule is O=S(=O)(c1ccc(Cl)c(Cl)c1)N1CCN(CC(O)Cn2c3ccccc3c3ccccc32)CC1. The van der Waals surface area contributed by atoms with E-state index in [0.717, 1.165) is 11.0 Å². The predicted molar refractivity (Wildman–Crippen MR) is 137 cm³/mol. The molecule has 0 aliphatic carbocycles. The van der Waals surface area contributed by atoms with E-state index in [0.29, 0.717) is 44.3 Å². The number of hydrogen-bond acceptors (Lipinski definition) is 4. The van der Waals surface area contributed by atoms with Gasteiger partial charge in [0.25, 0.3) is 0 Å². The number of β-amino-alcohol motifs (C(OH)–C–C–N with tert-alkyl or cyclic N) is 1. The van der Waals surface area contributed by atoms with Gasteiger partial charge in [-0.15, -0.1) is 0 Å².